The highest BCUT2D eigenvalue weighted by Gasteiger charge is 2.28. The van der Waals surface area contributed by atoms with Crippen molar-refractivity contribution in [3.63, 3.8) is 0 Å². The van der Waals surface area contributed by atoms with E-state index in [2.05, 4.69) is 0 Å². The monoisotopic (exact) mass is 340 g/mol. The van der Waals surface area contributed by atoms with Crippen molar-refractivity contribution in [3.8, 4) is 5.75 Å². The van der Waals surface area contributed by atoms with Crippen LogP contribution in [0.15, 0.2) is 48.5 Å². The minimum atomic E-state index is -0.787. The summed E-state index contributed by atoms with van der Waals surface area (Å²) in [4.78, 5) is 25.1. The van der Waals surface area contributed by atoms with Crippen molar-refractivity contribution >= 4 is 11.8 Å². The Morgan fingerprint density at radius 1 is 1.00 bits per heavy atom. The topological polar surface area (TPSA) is 52.6 Å². The van der Waals surface area contributed by atoms with E-state index in [0.717, 1.165) is 16.9 Å². The summed E-state index contributed by atoms with van der Waals surface area (Å²) in [6.07, 6.45) is 1.03. The third kappa shape index (κ3) is 5.18. The number of methoxy groups -OCH3 is 1. The van der Waals surface area contributed by atoms with E-state index in [1.54, 1.807) is 26.2 Å². The molecule has 0 spiro atoms. The molecule has 0 fully saturated rings. The van der Waals surface area contributed by atoms with Crippen LogP contribution in [0.5, 0.6) is 5.75 Å². The van der Waals surface area contributed by atoms with Gasteiger partial charge in [-0.05, 0) is 44.4 Å². The van der Waals surface area contributed by atoms with Crippen LogP contribution in [-0.4, -0.2) is 25.5 Å². The van der Waals surface area contributed by atoms with Gasteiger partial charge in [-0.15, -0.1) is 0 Å². The summed E-state index contributed by atoms with van der Waals surface area (Å²) in [6.45, 7) is 3.97. The fraction of sp³-hybridized carbons (Fsp3) is 0.333. The minimum absolute atomic E-state index is 0.188. The molecule has 1 atom stereocenters. The molecule has 0 bridgehead atoms. The van der Waals surface area contributed by atoms with Crippen molar-refractivity contribution in [1.82, 2.24) is 0 Å². The summed E-state index contributed by atoms with van der Waals surface area (Å²) in [6, 6.07) is 14.9. The molecule has 0 saturated heterocycles. The summed E-state index contributed by atoms with van der Waals surface area (Å²) >= 11 is 0. The van der Waals surface area contributed by atoms with Crippen molar-refractivity contribution in [2.24, 2.45) is 5.92 Å². The maximum absolute atomic E-state index is 12.8. The molecule has 2 aromatic carbocycles. The second-order valence-corrected chi connectivity index (χ2v) is 5.92. The number of ketones is 1. The quantitative estimate of drug-likeness (QED) is 0.414. The Bertz CT molecular complexity index is 702. The first-order chi connectivity index (χ1) is 12.0. The zero-order chi connectivity index (χ0) is 18.2. The molecule has 0 aliphatic carbocycles. The van der Waals surface area contributed by atoms with E-state index in [4.69, 9.17) is 9.47 Å². The molecule has 0 aliphatic heterocycles. The zero-order valence-corrected chi connectivity index (χ0v) is 15.0. The van der Waals surface area contributed by atoms with Crippen molar-refractivity contribution < 1.29 is 19.1 Å². The third-order valence-corrected chi connectivity index (χ3v) is 4.10. The molecule has 0 saturated carbocycles. The van der Waals surface area contributed by atoms with Gasteiger partial charge in [-0.1, -0.05) is 42.0 Å². The van der Waals surface area contributed by atoms with Crippen LogP contribution in [0.4, 0.5) is 0 Å². The van der Waals surface area contributed by atoms with E-state index in [-0.39, 0.29) is 12.4 Å². The molecule has 4 nitrogen and oxygen atoms in total. The molecule has 0 radical (unpaired) electrons. The fourth-order valence-electron chi connectivity index (χ4n) is 2.62. The Labute approximate surface area is 148 Å². The highest BCUT2D eigenvalue weighted by Crippen LogP contribution is 2.19. The molecule has 2 aromatic rings. The number of aryl methyl sites for hydroxylation is 2. The summed E-state index contributed by atoms with van der Waals surface area (Å²) in [7, 11) is 1.62. The van der Waals surface area contributed by atoms with Crippen LogP contribution in [0.1, 0.15) is 34.8 Å². The number of hydrogen-bond donors (Lipinski definition) is 0. The average molecular weight is 340 g/mol. The lowest BCUT2D eigenvalue weighted by atomic mass is 9.91. The van der Waals surface area contributed by atoms with Gasteiger partial charge in [0.1, 0.15) is 11.7 Å². The summed E-state index contributed by atoms with van der Waals surface area (Å²) < 4.78 is 10.3. The number of carbonyl (C=O) groups is 2. The van der Waals surface area contributed by atoms with Gasteiger partial charge in [-0.3, -0.25) is 9.59 Å². The molecule has 25 heavy (non-hydrogen) atoms. The molecular weight excluding hydrogens is 316 g/mol. The SMILES string of the molecule is CCOC(=O)C(CCc1ccc(OC)cc1)C(=O)c1ccc(C)cc1. The first-order valence-electron chi connectivity index (χ1n) is 8.45. The van der Waals surface area contributed by atoms with Crippen LogP contribution in [-0.2, 0) is 16.0 Å². The average Bonchev–Trinajstić information content (AvgIpc) is 2.63. The van der Waals surface area contributed by atoms with Crippen LogP contribution >= 0.6 is 0 Å². The normalized spacial score (nSPS) is 11.6. The van der Waals surface area contributed by atoms with E-state index < -0.39 is 11.9 Å². The van der Waals surface area contributed by atoms with Gasteiger partial charge in [0.2, 0.25) is 0 Å². The van der Waals surface area contributed by atoms with Gasteiger partial charge >= 0.3 is 5.97 Å². The maximum Gasteiger partial charge on any atom is 0.316 e. The Hall–Kier alpha value is -2.62. The Morgan fingerprint density at radius 3 is 2.20 bits per heavy atom. The lowest BCUT2D eigenvalue weighted by Gasteiger charge is -2.15. The van der Waals surface area contributed by atoms with Crippen LogP contribution in [0.3, 0.4) is 0 Å². The number of Topliss-reactive ketones (excluding diaryl/α,β-unsaturated/α-hetero) is 1. The highest BCUT2D eigenvalue weighted by atomic mass is 16.5. The van der Waals surface area contributed by atoms with Gasteiger partial charge in [-0.2, -0.15) is 0 Å². The molecular formula is C21H24O4. The van der Waals surface area contributed by atoms with Gasteiger partial charge in [0, 0.05) is 5.56 Å². The van der Waals surface area contributed by atoms with E-state index in [0.29, 0.717) is 18.4 Å². The molecule has 0 aliphatic rings. The lowest BCUT2D eigenvalue weighted by Crippen LogP contribution is -2.27. The van der Waals surface area contributed by atoms with Crippen LogP contribution in [0, 0.1) is 12.8 Å². The zero-order valence-electron chi connectivity index (χ0n) is 15.0. The maximum atomic E-state index is 12.8. The molecule has 0 amide bonds. The van der Waals surface area contributed by atoms with Crippen molar-refractivity contribution in [2.75, 3.05) is 13.7 Å². The van der Waals surface area contributed by atoms with Crippen LogP contribution < -0.4 is 4.74 Å². The van der Waals surface area contributed by atoms with E-state index in [9.17, 15) is 9.59 Å². The van der Waals surface area contributed by atoms with Gasteiger partial charge < -0.3 is 9.47 Å². The second kappa shape index (κ2) is 9.02. The first-order valence-corrected chi connectivity index (χ1v) is 8.45. The molecule has 2 rings (SSSR count). The minimum Gasteiger partial charge on any atom is -0.497 e. The predicted octanol–water partition coefficient (Wildman–Crippen LogP) is 4.00. The highest BCUT2D eigenvalue weighted by molar-refractivity contribution is 6.08. The number of rotatable bonds is 8. The standard InChI is InChI=1S/C21H24O4/c1-4-25-21(23)19(20(22)17-10-5-15(2)6-11-17)14-9-16-7-12-18(24-3)13-8-16/h5-8,10-13,19H,4,9,14H2,1-3H3. The lowest BCUT2D eigenvalue weighted by molar-refractivity contribution is -0.146. The van der Waals surface area contributed by atoms with Crippen molar-refractivity contribution in [1.29, 1.82) is 0 Å². The predicted molar refractivity (Wildman–Crippen MR) is 96.9 cm³/mol. The summed E-state index contributed by atoms with van der Waals surface area (Å²) in [5.41, 5.74) is 2.66. The van der Waals surface area contributed by atoms with E-state index in [1.807, 2.05) is 43.3 Å². The van der Waals surface area contributed by atoms with Crippen molar-refractivity contribution in [3.05, 3.63) is 65.2 Å². The summed E-state index contributed by atoms with van der Waals surface area (Å²) in [5.74, 6) is -0.653. The van der Waals surface area contributed by atoms with Crippen molar-refractivity contribution in [2.45, 2.75) is 26.7 Å². The molecule has 132 valence electrons. The number of carbonyl (C=O) groups excluding carboxylic acids is 2. The van der Waals surface area contributed by atoms with Gasteiger partial charge in [0.15, 0.2) is 5.78 Å². The fourth-order valence-corrected chi connectivity index (χ4v) is 2.62. The smallest absolute Gasteiger partial charge is 0.316 e. The number of hydrogen-bond acceptors (Lipinski definition) is 4. The third-order valence-electron chi connectivity index (χ3n) is 4.10. The van der Waals surface area contributed by atoms with Crippen LogP contribution in [0.25, 0.3) is 0 Å². The van der Waals surface area contributed by atoms with Gasteiger partial charge in [-0.25, -0.2) is 0 Å². The Morgan fingerprint density at radius 2 is 1.64 bits per heavy atom. The molecule has 0 aromatic heterocycles. The van der Waals surface area contributed by atoms with Gasteiger partial charge in [0.05, 0.1) is 13.7 Å². The molecule has 0 N–H and O–H groups in total. The number of esters is 1. The molecule has 1 unspecified atom stereocenters. The molecule has 0 heterocycles. The number of ether oxygens (including phenoxy) is 2. The summed E-state index contributed by atoms with van der Waals surface area (Å²) in [5, 5.41) is 0. The first kappa shape index (κ1) is 18.7. The Kier molecular flexibility index (Phi) is 6.75. The molecule has 4 heteroatoms. The van der Waals surface area contributed by atoms with E-state index >= 15 is 0 Å². The largest absolute Gasteiger partial charge is 0.497 e. The van der Waals surface area contributed by atoms with E-state index in [1.165, 1.54) is 0 Å². The number of benzene rings is 2. The Balaban J connectivity index is 2.12. The van der Waals surface area contributed by atoms with Gasteiger partial charge in [0.25, 0.3) is 0 Å². The van der Waals surface area contributed by atoms with Crippen LogP contribution in [0.2, 0.25) is 0 Å². The second-order valence-electron chi connectivity index (χ2n) is 5.92.